The number of nitrogens with zero attached hydrogens (tertiary/aromatic N) is 11. The lowest BCUT2D eigenvalue weighted by molar-refractivity contribution is 0.592. The number of aromatic nitrogens is 11. The van der Waals surface area contributed by atoms with Gasteiger partial charge in [-0.3, -0.25) is 9.97 Å². The number of hydrogen-bond donors (Lipinski definition) is 0. The second-order valence-corrected chi connectivity index (χ2v) is 39.8. The summed E-state index contributed by atoms with van der Waals surface area (Å²) in [7, 11) is -3.17. The summed E-state index contributed by atoms with van der Waals surface area (Å²) in [6, 6.07) is 184. The molecule has 0 bridgehead atoms. The number of hydrogen-bond acceptors (Lipinski definition) is 9. The molecule has 0 fully saturated rings. The third-order valence-corrected chi connectivity index (χ3v) is 31.2. The first-order valence-electron chi connectivity index (χ1n) is 50.0. The molecule has 0 atom stereocenters. The predicted molar refractivity (Wildman–Crippen MR) is 616 cm³/mol. The monoisotopic (exact) mass is 1920 g/mol. The van der Waals surface area contributed by atoms with Crippen LogP contribution in [0.1, 0.15) is 0 Å². The molecule has 12 nitrogen and oxygen atoms in total. The van der Waals surface area contributed by atoms with Gasteiger partial charge in [0, 0.05) is 127 Å². The largest absolute Gasteiger partial charge is 0.309 e. The van der Waals surface area contributed by atoms with E-state index in [9.17, 15) is 0 Å². The van der Waals surface area contributed by atoms with Crippen LogP contribution in [0.15, 0.2) is 546 Å². The number of para-hydroxylation sites is 9. The number of pyridine rings is 6. The average molecular weight is 1930 g/mol. The maximum atomic E-state index is 15.3. The normalized spacial score (nSPS) is 11.5. The molecule has 0 unspecified atom stereocenters. The highest BCUT2D eigenvalue weighted by Crippen LogP contribution is 2.49. The van der Waals surface area contributed by atoms with Crippen LogP contribution in [0, 0.1) is 0 Å². The Morgan fingerprint density at radius 2 is 0.463 bits per heavy atom. The summed E-state index contributed by atoms with van der Waals surface area (Å²) >= 11 is 0. The SMILES string of the molecule is O=P(c1ccccc1)(c1ccccc1)c1cccc(-c2nc3ccccc3c3c4ccccc4n(-c4ccccc4)c23)c1.c1ccc(-c2ccc(-c3cc(-c4ccc(-c5ccccc5)cc4)nc(-c4cccc(-c5nc6ccccc6c6c7ccccc7n(-c7ccccc7)c56)c4)n3)cc2)cc1.c1ccc(-n2c3ccccc3c3c4ccccc4nc(-c4cccc(-c5cc(-c6ccccn6)nc(-c6ccccn6)c5)c4)c32)cc1. The van der Waals surface area contributed by atoms with Crippen LogP contribution in [-0.2, 0) is 4.57 Å². The van der Waals surface area contributed by atoms with E-state index in [1.54, 1.807) is 12.4 Å². The van der Waals surface area contributed by atoms with Gasteiger partial charge in [0.25, 0.3) is 0 Å². The molecule has 0 radical (unpaired) electrons. The Labute approximate surface area is 860 Å². The van der Waals surface area contributed by atoms with Crippen molar-refractivity contribution in [2.24, 2.45) is 0 Å². The average Bonchev–Trinajstić information content (AvgIpc) is 1.58. The van der Waals surface area contributed by atoms with E-state index in [4.69, 9.17) is 29.9 Å². The maximum Gasteiger partial charge on any atom is 0.171 e. The fourth-order valence-corrected chi connectivity index (χ4v) is 23.9. The van der Waals surface area contributed by atoms with Crippen LogP contribution < -0.4 is 15.9 Å². The summed E-state index contributed by atoms with van der Waals surface area (Å²) in [5, 5.41) is 12.9. The lowest BCUT2D eigenvalue weighted by Crippen LogP contribution is -2.25. The van der Waals surface area contributed by atoms with Crippen molar-refractivity contribution in [3.63, 3.8) is 0 Å². The van der Waals surface area contributed by atoms with Gasteiger partial charge in [-0.15, -0.1) is 0 Å². The third kappa shape index (κ3) is 16.7. The topological polar surface area (TPSA) is 135 Å². The van der Waals surface area contributed by atoms with Crippen LogP contribution in [0.4, 0.5) is 0 Å². The van der Waals surface area contributed by atoms with Crippen molar-refractivity contribution >= 4 is 121 Å². The van der Waals surface area contributed by atoms with Gasteiger partial charge >= 0.3 is 0 Å². The molecule has 10 aromatic heterocycles. The second-order valence-electron chi connectivity index (χ2n) is 37.1. The van der Waals surface area contributed by atoms with Crippen molar-refractivity contribution in [3.05, 3.63) is 546 Å². The summed E-state index contributed by atoms with van der Waals surface area (Å²) in [4.78, 5) is 40.9. The van der Waals surface area contributed by atoms with Crippen LogP contribution in [0.3, 0.4) is 0 Å². The third-order valence-electron chi connectivity index (χ3n) is 28.1. The van der Waals surface area contributed by atoms with Crippen molar-refractivity contribution in [2.45, 2.75) is 0 Å². The minimum Gasteiger partial charge on any atom is -0.309 e. The fourth-order valence-electron chi connectivity index (χ4n) is 21.2. The van der Waals surface area contributed by atoms with E-state index >= 15 is 4.57 Å². The molecule has 13 heteroatoms. The second kappa shape index (κ2) is 38.9. The lowest BCUT2D eigenvalue weighted by Gasteiger charge is -2.21. The molecule has 0 spiro atoms. The Balaban J connectivity index is 0.000000115. The van der Waals surface area contributed by atoms with E-state index in [-0.39, 0.29) is 0 Å². The van der Waals surface area contributed by atoms with Gasteiger partial charge in [-0.2, -0.15) is 0 Å². The quantitative estimate of drug-likeness (QED) is 0.0817. The van der Waals surface area contributed by atoms with Crippen LogP contribution in [-0.4, -0.2) is 53.6 Å². The first kappa shape index (κ1) is 89.4. The van der Waals surface area contributed by atoms with Crippen molar-refractivity contribution in [1.82, 2.24) is 53.6 Å². The van der Waals surface area contributed by atoms with E-state index in [2.05, 4.69) is 424 Å². The van der Waals surface area contributed by atoms with Gasteiger partial charge in [0.15, 0.2) is 13.0 Å². The Hall–Kier alpha value is -19.7. The Kier molecular flexibility index (Phi) is 23.3. The molecule has 0 amide bonds. The Morgan fingerprint density at radius 1 is 0.174 bits per heavy atom. The summed E-state index contributed by atoms with van der Waals surface area (Å²) in [5.74, 6) is 0.652. The molecular formula is C136H90N11OP. The molecule has 0 aliphatic heterocycles. The first-order chi connectivity index (χ1) is 73.8. The molecule has 0 aliphatic carbocycles. The fraction of sp³-hybridized carbons (Fsp3) is 0. The molecule has 0 N–H and O–H groups in total. The Morgan fingerprint density at radius 3 is 0.846 bits per heavy atom. The highest BCUT2D eigenvalue weighted by molar-refractivity contribution is 7.85. The number of fused-ring (bicyclic) bond motifs is 15. The minimum absolute atomic E-state index is 0.652. The predicted octanol–water partition coefficient (Wildman–Crippen LogP) is 32.9. The van der Waals surface area contributed by atoms with Gasteiger partial charge in [0.05, 0.1) is 101 Å². The van der Waals surface area contributed by atoms with E-state index in [1.165, 1.54) is 43.4 Å². The van der Waals surface area contributed by atoms with Crippen molar-refractivity contribution in [3.8, 4) is 141 Å². The van der Waals surface area contributed by atoms with Crippen LogP contribution in [0.2, 0.25) is 0 Å². The van der Waals surface area contributed by atoms with Crippen LogP contribution in [0.5, 0.6) is 0 Å². The summed E-state index contributed by atoms with van der Waals surface area (Å²) in [6.45, 7) is 0. The van der Waals surface area contributed by atoms with Gasteiger partial charge in [-0.05, 0) is 167 Å². The molecule has 149 heavy (non-hydrogen) atoms. The first-order valence-corrected chi connectivity index (χ1v) is 51.7. The van der Waals surface area contributed by atoms with Crippen LogP contribution >= 0.6 is 7.14 Å². The zero-order chi connectivity index (χ0) is 99.1. The molecule has 0 aliphatic rings. The summed E-state index contributed by atoms with van der Waals surface area (Å²) in [5.41, 5.74) is 33.1. The van der Waals surface area contributed by atoms with E-state index in [1.807, 2.05) is 133 Å². The minimum atomic E-state index is -3.17. The maximum absolute atomic E-state index is 15.3. The van der Waals surface area contributed by atoms with Gasteiger partial charge in [0.2, 0.25) is 0 Å². The smallest absolute Gasteiger partial charge is 0.171 e. The van der Waals surface area contributed by atoms with E-state index in [0.717, 1.165) is 206 Å². The number of benzene rings is 18. The molecule has 700 valence electrons. The van der Waals surface area contributed by atoms with E-state index < -0.39 is 7.14 Å². The molecule has 0 saturated carbocycles. The zero-order valence-corrected chi connectivity index (χ0v) is 81.6. The standard InChI is InChI=1S/C55H36N4.C42H27N5.C39H27N2OP/c1-4-15-37(16-5-1)39-27-31-41(32-28-39)49-36-50(42-33-29-40(30-34-42)38-17-6-2-7-18-38)58-55(57-49)44-20-14-19-43(35-44)53-54-52(46-23-10-12-25-48(46)56-53)47-24-11-13-26-51(47)59(54)45-21-8-3-9-22-45;1-2-15-31(16-3-1)47-39-22-7-5-18-33(39)40-32-17-4-6-19-34(32)46-41(42(40)47)29-14-12-13-28(25-29)30-26-37(35-20-8-10-23-43-35)45-38(27-30)36-21-9-11-24-44-36;42-43(30-18-6-2-7-19-30,31-20-8-3-9-21-31)32-22-14-15-28(27-32)38-39-37(33-23-10-12-25-35(33)40-38)34-24-11-13-26-36(34)41(39)29-16-4-1-5-17-29/h1-36H;1-27H;1-27H. The molecule has 10 heterocycles. The zero-order valence-electron chi connectivity index (χ0n) is 80.7. The lowest BCUT2D eigenvalue weighted by atomic mass is 9.98. The molecular weight excluding hydrogens is 1830 g/mol. The van der Waals surface area contributed by atoms with Crippen molar-refractivity contribution < 1.29 is 4.57 Å². The Bertz CT molecular complexity index is 9750. The van der Waals surface area contributed by atoms with Crippen molar-refractivity contribution in [1.29, 1.82) is 0 Å². The summed E-state index contributed by atoms with van der Waals surface area (Å²) < 4.78 is 22.3. The van der Waals surface area contributed by atoms with Gasteiger partial charge in [-0.25, -0.2) is 29.9 Å². The molecule has 18 aromatic carbocycles. The molecule has 28 rings (SSSR count). The van der Waals surface area contributed by atoms with Gasteiger partial charge in [0.1, 0.15) is 0 Å². The number of rotatable bonds is 17. The molecule has 0 saturated heterocycles. The van der Waals surface area contributed by atoms with E-state index in [0.29, 0.717) is 5.82 Å². The van der Waals surface area contributed by atoms with Gasteiger partial charge < -0.3 is 18.3 Å². The highest BCUT2D eigenvalue weighted by Gasteiger charge is 2.32. The highest BCUT2D eigenvalue weighted by atomic mass is 31.2. The molecule has 28 aromatic rings. The summed E-state index contributed by atoms with van der Waals surface area (Å²) in [6.07, 6.45) is 3.60. The van der Waals surface area contributed by atoms with Gasteiger partial charge in [-0.1, -0.05) is 400 Å². The van der Waals surface area contributed by atoms with Crippen molar-refractivity contribution in [2.75, 3.05) is 0 Å². The van der Waals surface area contributed by atoms with Crippen LogP contribution in [0.25, 0.3) is 239 Å².